The fourth-order valence-electron chi connectivity index (χ4n) is 2.57. The van der Waals surface area contributed by atoms with E-state index in [2.05, 4.69) is 0 Å². The molecule has 23 heavy (non-hydrogen) atoms. The quantitative estimate of drug-likeness (QED) is 0.813. The summed E-state index contributed by atoms with van der Waals surface area (Å²) in [5.41, 5.74) is -3.01. The van der Waals surface area contributed by atoms with Crippen LogP contribution in [0.25, 0.3) is 0 Å². The molecule has 2 N–H and O–H groups in total. The van der Waals surface area contributed by atoms with E-state index in [1.54, 1.807) is 0 Å². The second kappa shape index (κ2) is 5.76. The van der Waals surface area contributed by atoms with Crippen molar-refractivity contribution in [2.24, 2.45) is 0 Å². The van der Waals surface area contributed by atoms with Gasteiger partial charge in [0.25, 0.3) is 0 Å². The lowest BCUT2D eigenvalue weighted by Crippen LogP contribution is -2.45. The van der Waals surface area contributed by atoms with Crippen LogP contribution in [-0.2, 0) is 5.41 Å². The molecule has 0 aliphatic heterocycles. The molecule has 0 aliphatic carbocycles. The van der Waals surface area contributed by atoms with Gasteiger partial charge >= 0.3 is 6.18 Å². The van der Waals surface area contributed by atoms with Gasteiger partial charge in [-0.25, -0.2) is 4.39 Å². The maximum atomic E-state index is 13.8. The van der Waals surface area contributed by atoms with Gasteiger partial charge in [0.2, 0.25) is 0 Å². The van der Waals surface area contributed by atoms with Gasteiger partial charge in [0.05, 0.1) is 0 Å². The van der Waals surface area contributed by atoms with Crippen LogP contribution in [0.2, 0.25) is 0 Å². The minimum atomic E-state index is -4.89. The highest BCUT2D eigenvalue weighted by Gasteiger charge is 2.57. The number of rotatable bonds is 3. The molecule has 2 aromatic rings. The average Bonchev–Trinajstić information content (AvgIpc) is 2.46. The zero-order valence-corrected chi connectivity index (χ0v) is 12.6. The van der Waals surface area contributed by atoms with Crippen LogP contribution in [0.4, 0.5) is 17.6 Å². The Morgan fingerprint density at radius 3 is 1.48 bits per heavy atom. The first-order chi connectivity index (χ1) is 10.6. The smallest absolute Gasteiger partial charge is 0.404 e. The van der Waals surface area contributed by atoms with Crippen LogP contribution >= 0.6 is 0 Å². The van der Waals surface area contributed by atoms with Crippen molar-refractivity contribution in [1.29, 1.82) is 0 Å². The molecule has 0 heterocycles. The standard InChI is InChI=1S/C17H16F4O2/c1-10-7-12(3-5-14(10)22)16(9-18,17(19,20)21)13-4-6-15(23)11(2)8-13/h3-8,22-23H,9H2,1-2H3. The third-order valence-electron chi connectivity index (χ3n) is 4.06. The first kappa shape index (κ1) is 17.1. The number of phenols is 2. The molecule has 2 nitrogen and oxygen atoms in total. The Kier molecular flexibility index (Phi) is 4.28. The molecule has 2 aromatic carbocycles. The van der Waals surface area contributed by atoms with Crippen LogP contribution in [0.3, 0.4) is 0 Å². The van der Waals surface area contributed by atoms with Crippen molar-refractivity contribution in [2.45, 2.75) is 25.4 Å². The average molecular weight is 328 g/mol. The molecular formula is C17H16F4O2. The largest absolute Gasteiger partial charge is 0.508 e. The van der Waals surface area contributed by atoms with E-state index in [1.165, 1.54) is 13.8 Å². The van der Waals surface area contributed by atoms with Gasteiger partial charge in [-0.15, -0.1) is 0 Å². The molecule has 0 atom stereocenters. The highest BCUT2D eigenvalue weighted by Crippen LogP contribution is 2.48. The van der Waals surface area contributed by atoms with Crippen molar-refractivity contribution in [3.8, 4) is 11.5 Å². The highest BCUT2D eigenvalue weighted by molar-refractivity contribution is 5.49. The normalized spacial score (nSPS) is 12.4. The van der Waals surface area contributed by atoms with Crippen LogP contribution in [0, 0.1) is 13.8 Å². The van der Waals surface area contributed by atoms with Gasteiger partial charge < -0.3 is 10.2 Å². The first-order valence-electron chi connectivity index (χ1n) is 6.86. The molecular weight excluding hydrogens is 312 g/mol. The molecule has 0 spiro atoms. The zero-order valence-electron chi connectivity index (χ0n) is 12.6. The molecule has 0 bridgehead atoms. The summed E-state index contributed by atoms with van der Waals surface area (Å²) in [6, 6.07) is 6.63. The van der Waals surface area contributed by atoms with Crippen LogP contribution in [-0.4, -0.2) is 23.1 Å². The molecule has 0 radical (unpaired) electrons. The third-order valence-corrected chi connectivity index (χ3v) is 4.06. The Morgan fingerprint density at radius 1 is 0.826 bits per heavy atom. The minimum Gasteiger partial charge on any atom is -0.508 e. The van der Waals surface area contributed by atoms with E-state index in [0.717, 1.165) is 36.4 Å². The van der Waals surface area contributed by atoms with Crippen molar-refractivity contribution in [3.05, 3.63) is 58.7 Å². The number of aromatic hydroxyl groups is 2. The van der Waals surface area contributed by atoms with E-state index in [-0.39, 0.29) is 33.8 Å². The molecule has 0 saturated carbocycles. The summed E-state index contributed by atoms with van der Waals surface area (Å²) >= 11 is 0. The van der Waals surface area contributed by atoms with Gasteiger partial charge in [0, 0.05) is 0 Å². The van der Waals surface area contributed by atoms with E-state index < -0.39 is 18.3 Å². The second-order valence-corrected chi connectivity index (χ2v) is 5.54. The summed E-state index contributed by atoms with van der Waals surface area (Å²) in [6.07, 6.45) is -4.89. The van der Waals surface area contributed by atoms with Crippen molar-refractivity contribution >= 4 is 0 Å². The predicted molar refractivity (Wildman–Crippen MR) is 78.5 cm³/mol. The van der Waals surface area contributed by atoms with E-state index in [0.29, 0.717) is 0 Å². The Hall–Kier alpha value is -2.24. The molecule has 0 saturated heterocycles. The van der Waals surface area contributed by atoms with Crippen molar-refractivity contribution < 1.29 is 27.8 Å². The number of alkyl halides is 4. The van der Waals surface area contributed by atoms with Crippen LogP contribution in [0.5, 0.6) is 11.5 Å². The zero-order chi connectivity index (χ0) is 17.4. The van der Waals surface area contributed by atoms with E-state index in [9.17, 15) is 27.8 Å². The van der Waals surface area contributed by atoms with Gasteiger partial charge in [0.15, 0.2) is 0 Å². The lowest BCUT2D eigenvalue weighted by Gasteiger charge is -2.35. The maximum Gasteiger partial charge on any atom is 0.404 e. The minimum absolute atomic E-state index is 0.162. The highest BCUT2D eigenvalue weighted by atomic mass is 19.4. The summed E-state index contributed by atoms with van der Waals surface area (Å²) in [5, 5.41) is 19.1. The van der Waals surface area contributed by atoms with Crippen LogP contribution < -0.4 is 0 Å². The molecule has 0 aromatic heterocycles. The Balaban J connectivity index is 2.79. The van der Waals surface area contributed by atoms with Gasteiger partial charge in [0.1, 0.15) is 23.6 Å². The maximum absolute atomic E-state index is 13.8. The first-order valence-corrected chi connectivity index (χ1v) is 6.86. The predicted octanol–water partition coefficient (Wildman–Crippen LogP) is 4.53. The van der Waals surface area contributed by atoms with Crippen LogP contribution in [0.1, 0.15) is 22.3 Å². The Labute approximate surface area is 131 Å². The molecule has 6 heteroatoms. The number of aryl methyl sites for hydroxylation is 2. The van der Waals surface area contributed by atoms with Gasteiger partial charge in [-0.1, -0.05) is 24.3 Å². The van der Waals surface area contributed by atoms with E-state index in [1.807, 2.05) is 0 Å². The monoisotopic (exact) mass is 328 g/mol. The van der Waals surface area contributed by atoms with Crippen molar-refractivity contribution in [1.82, 2.24) is 0 Å². The van der Waals surface area contributed by atoms with Crippen molar-refractivity contribution in [2.75, 3.05) is 6.67 Å². The second-order valence-electron chi connectivity index (χ2n) is 5.54. The summed E-state index contributed by atoms with van der Waals surface area (Å²) in [5.74, 6) is -0.323. The number of hydrogen-bond donors (Lipinski definition) is 2. The lowest BCUT2D eigenvalue weighted by atomic mass is 9.74. The number of benzene rings is 2. The SMILES string of the molecule is Cc1cc(C(CF)(c2ccc(O)c(C)c2)C(F)(F)F)ccc1O. The Bertz CT molecular complexity index is 672. The van der Waals surface area contributed by atoms with Gasteiger partial charge in [-0.05, 0) is 48.2 Å². The lowest BCUT2D eigenvalue weighted by molar-refractivity contribution is -0.182. The van der Waals surface area contributed by atoms with E-state index in [4.69, 9.17) is 0 Å². The summed E-state index contributed by atoms with van der Waals surface area (Å²) in [4.78, 5) is 0. The summed E-state index contributed by atoms with van der Waals surface area (Å²) in [7, 11) is 0. The van der Waals surface area contributed by atoms with Gasteiger partial charge in [-0.2, -0.15) is 13.2 Å². The molecule has 0 unspecified atom stereocenters. The molecule has 124 valence electrons. The molecule has 0 amide bonds. The Morgan fingerprint density at radius 2 is 1.22 bits per heavy atom. The van der Waals surface area contributed by atoms with Crippen molar-refractivity contribution in [3.63, 3.8) is 0 Å². The molecule has 0 aliphatic rings. The summed E-state index contributed by atoms with van der Waals surface area (Å²) < 4.78 is 55.3. The van der Waals surface area contributed by atoms with Crippen LogP contribution in [0.15, 0.2) is 36.4 Å². The molecule has 2 rings (SSSR count). The fourth-order valence-corrected chi connectivity index (χ4v) is 2.57. The number of halogens is 4. The summed E-state index contributed by atoms with van der Waals surface area (Å²) in [6.45, 7) is 1.20. The molecule has 0 fully saturated rings. The number of hydrogen-bond acceptors (Lipinski definition) is 2. The fraction of sp³-hybridized carbons (Fsp3) is 0.294. The topological polar surface area (TPSA) is 40.5 Å². The van der Waals surface area contributed by atoms with Gasteiger partial charge in [-0.3, -0.25) is 0 Å². The number of phenolic OH excluding ortho intramolecular Hbond substituents is 2. The van der Waals surface area contributed by atoms with E-state index >= 15 is 0 Å². The third kappa shape index (κ3) is 2.73.